The van der Waals surface area contributed by atoms with E-state index in [9.17, 15) is 0 Å². The Balaban J connectivity index is 2.77. The van der Waals surface area contributed by atoms with Crippen LogP contribution in [0.3, 0.4) is 0 Å². The maximum absolute atomic E-state index is 5.07. The van der Waals surface area contributed by atoms with E-state index in [1.807, 2.05) is 11.3 Å². The van der Waals surface area contributed by atoms with Crippen LogP contribution >= 0.6 is 11.3 Å². The van der Waals surface area contributed by atoms with Gasteiger partial charge in [0.25, 0.3) is 0 Å². The summed E-state index contributed by atoms with van der Waals surface area (Å²) in [7, 11) is 0. The summed E-state index contributed by atoms with van der Waals surface area (Å²) >= 11 is 1.84. The molecule has 0 atom stereocenters. The van der Waals surface area contributed by atoms with E-state index >= 15 is 0 Å². The van der Waals surface area contributed by atoms with Crippen LogP contribution in [0.1, 0.15) is 78.4 Å². The number of rotatable bonds is 0. The van der Waals surface area contributed by atoms with E-state index in [0.717, 1.165) is 0 Å². The van der Waals surface area contributed by atoms with Crippen molar-refractivity contribution >= 4 is 21.6 Å². The molecule has 0 saturated heterocycles. The van der Waals surface area contributed by atoms with E-state index in [1.165, 1.54) is 26.4 Å². The molecule has 1 nitrogen and oxygen atoms in total. The lowest BCUT2D eigenvalue weighted by atomic mass is 9.78. The number of hydrogen-bond donors (Lipinski definition) is 0. The van der Waals surface area contributed by atoms with Gasteiger partial charge in [-0.05, 0) is 28.5 Å². The van der Waals surface area contributed by atoms with Crippen molar-refractivity contribution in [1.29, 1.82) is 0 Å². The van der Waals surface area contributed by atoms with E-state index in [-0.39, 0.29) is 16.2 Å². The van der Waals surface area contributed by atoms with Crippen LogP contribution in [0.5, 0.6) is 0 Å². The number of hydrogen-bond acceptors (Lipinski definition) is 2. The Labute approximate surface area is 133 Å². The third-order valence-electron chi connectivity index (χ3n) is 3.77. The minimum Gasteiger partial charge on any atom is -0.241 e. The van der Waals surface area contributed by atoms with Gasteiger partial charge in [-0.3, -0.25) is 0 Å². The van der Waals surface area contributed by atoms with Crippen molar-refractivity contribution < 1.29 is 0 Å². The highest BCUT2D eigenvalue weighted by Gasteiger charge is 2.28. The Morgan fingerprint density at radius 3 is 1.76 bits per heavy atom. The van der Waals surface area contributed by atoms with Crippen molar-refractivity contribution in [2.45, 2.75) is 78.6 Å². The Morgan fingerprint density at radius 2 is 1.33 bits per heavy atom. The van der Waals surface area contributed by atoms with Crippen molar-refractivity contribution in [3.05, 3.63) is 28.3 Å². The number of fused-ring (bicyclic) bond motifs is 1. The minimum atomic E-state index is 0.0721. The first-order chi connectivity index (χ1) is 9.30. The molecular weight excluding hydrogens is 274 g/mol. The Hall–Kier alpha value is -0.890. The molecule has 0 spiro atoms. The topological polar surface area (TPSA) is 12.9 Å². The quantitative estimate of drug-likeness (QED) is 0.565. The number of pyridine rings is 1. The molecule has 2 aromatic rings. The van der Waals surface area contributed by atoms with E-state index in [1.54, 1.807) is 0 Å². The maximum atomic E-state index is 5.07. The second-order valence-electron chi connectivity index (χ2n) is 9.14. The summed E-state index contributed by atoms with van der Waals surface area (Å²) in [5.74, 6) is 0. The van der Waals surface area contributed by atoms with Gasteiger partial charge in [-0.1, -0.05) is 62.3 Å². The first kappa shape index (κ1) is 16.5. The van der Waals surface area contributed by atoms with Crippen LogP contribution in [0.4, 0.5) is 0 Å². The summed E-state index contributed by atoms with van der Waals surface area (Å²) in [6.07, 6.45) is 0. The summed E-state index contributed by atoms with van der Waals surface area (Å²) in [5.41, 5.74) is 3.00. The molecule has 0 unspecified atom stereocenters. The van der Waals surface area contributed by atoms with Crippen LogP contribution in [0.2, 0.25) is 0 Å². The highest BCUT2D eigenvalue weighted by molar-refractivity contribution is 7.18. The normalized spacial score (nSPS) is 14.0. The molecule has 2 heteroatoms. The van der Waals surface area contributed by atoms with Crippen molar-refractivity contribution in [1.82, 2.24) is 4.98 Å². The smallest absolute Gasteiger partial charge is 0.123 e. The van der Waals surface area contributed by atoms with Crippen molar-refractivity contribution in [2.24, 2.45) is 0 Å². The summed E-state index contributed by atoms with van der Waals surface area (Å²) < 4.78 is 0. The van der Waals surface area contributed by atoms with Gasteiger partial charge in [-0.2, -0.15) is 0 Å². The predicted octanol–water partition coefficient (Wildman–Crippen LogP) is 6.19. The maximum Gasteiger partial charge on any atom is 0.123 e. The second-order valence-corrected chi connectivity index (χ2v) is 10.2. The van der Waals surface area contributed by atoms with Crippen LogP contribution < -0.4 is 0 Å². The van der Waals surface area contributed by atoms with Crippen molar-refractivity contribution in [2.75, 3.05) is 0 Å². The van der Waals surface area contributed by atoms with E-state index < -0.39 is 0 Å². The SMILES string of the molecule is CC(C)(C)c1cc2cc(C(C)(C)C)c(C(C)(C)C)nc2s1. The van der Waals surface area contributed by atoms with Gasteiger partial charge in [0.15, 0.2) is 0 Å². The summed E-state index contributed by atoms with van der Waals surface area (Å²) in [5, 5.41) is 1.29. The molecular formula is C19H29NS. The molecule has 0 fully saturated rings. The lowest BCUT2D eigenvalue weighted by molar-refractivity contribution is 0.517. The molecule has 0 radical (unpaired) electrons. The van der Waals surface area contributed by atoms with Gasteiger partial charge in [-0.25, -0.2) is 4.98 Å². The zero-order valence-corrected chi connectivity index (χ0v) is 15.8. The zero-order valence-electron chi connectivity index (χ0n) is 15.0. The first-order valence-corrected chi connectivity index (χ1v) is 8.58. The summed E-state index contributed by atoms with van der Waals surface area (Å²) in [4.78, 5) is 7.66. The fourth-order valence-corrected chi connectivity index (χ4v) is 3.56. The van der Waals surface area contributed by atoms with Crippen molar-refractivity contribution in [3.8, 4) is 0 Å². The molecule has 21 heavy (non-hydrogen) atoms. The molecule has 0 aliphatic heterocycles. The molecule has 2 aromatic heterocycles. The highest BCUT2D eigenvalue weighted by atomic mass is 32.1. The van der Waals surface area contributed by atoms with Gasteiger partial charge < -0.3 is 0 Å². The molecule has 0 aromatic carbocycles. The summed E-state index contributed by atoms with van der Waals surface area (Å²) in [6.45, 7) is 20.4. The van der Waals surface area contributed by atoms with Crippen LogP contribution in [0.15, 0.2) is 12.1 Å². The van der Waals surface area contributed by atoms with Crippen molar-refractivity contribution in [3.63, 3.8) is 0 Å². The molecule has 116 valence electrons. The largest absolute Gasteiger partial charge is 0.241 e. The van der Waals surface area contributed by atoms with Crippen LogP contribution in [0, 0.1) is 0 Å². The zero-order chi connectivity index (χ0) is 16.2. The molecule has 0 saturated carbocycles. The lowest BCUT2D eigenvalue weighted by Crippen LogP contribution is -2.23. The molecule has 2 heterocycles. The molecule has 0 N–H and O–H groups in total. The third kappa shape index (κ3) is 3.31. The highest BCUT2D eigenvalue weighted by Crippen LogP contribution is 2.39. The minimum absolute atomic E-state index is 0.0721. The number of nitrogens with zero attached hydrogens (tertiary/aromatic N) is 1. The fraction of sp³-hybridized carbons (Fsp3) is 0.632. The van der Waals surface area contributed by atoms with Gasteiger partial charge in [0.05, 0.1) is 5.69 Å². The molecule has 0 aliphatic rings. The molecule has 0 aliphatic carbocycles. The molecule has 0 amide bonds. The van der Waals surface area contributed by atoms with E-state index in [4.69, 9.17) is 4.98 Å². The van der Waals surface area contributed by atoms with Crippen LogP contribution in [-0.2, 0) is 16.2 Å². The number of aromatic nitrogens is 1. The standard InChI is InChI=1S/C19H29NS/c1-17(2,3)13-10-12-11-14(18(4,5)6)21-16(12)20-15(13)19(7,8)9/h10-11H,1-9H3. The third-order valence-corrected chi connectivity index (χ3v) is 5.24. The number of thiophene rings is 1. The Bertz CT molecular complexity index is 607. The van der Waals surface area contributed by atoms with Gasteiger partial charge in [-0.15, -0.1) is 11.3 Å². The predicted molar refractivity (Wildman–Crippen MR) is 95.7 cm³/mol. The fourth-order valence-electron chi connectivity index (χ4n) is 2.48. The molecule has 2 rings (SSSR count). The lowest BCUT2D eigenvalue weighted by Gasteiger charge is -2.28. The Kier molecular flexibility index (Phi) is 3.77. The average Bonchev–Trinajstić information content (AvgIpc) is 2.66. The van der Waals surface area contributed by atoms with Gasteiger partial charge >= 0.3 is 0 Å². The van der Waals surface area contributed by atoms with Crippen LogP contribution in [-0.4, -0.2) is 4.98 Å². The first-order valence-electron chi connectivity index (χ1n) is 7.76. The van der Waals surface area contributed by atoms with Gasteiger partial charge in [0, 0.05) is 15.7 Å². The Morgan fingerprint density at radius 1 is 0.762 bits per heavy atom. The van der Waals surface area contributed by atoms with Crippen LogP contribution in [0.25, 0.3) is 10.2 Å². The average molecular weight is 304 g/mol. The second kappa shape index (κ2) is 4.81. The molecule has 0 bridgehead atoms. The van der Waals surface area contributed by atoms with Gasteiger partial charge in [0.1, 0.15) is 4.83 Å². The monoisotopic (exact) mass is 303 g/mol. The summed E-state index contributed by atoms with van der Waals surface area (Å²) in [6, 6.07) is 4.70. The van der Waals surface area contributed by atoms with E-state index in [0.29, 0.717) is 0 Å². The van der Waals surface area contributed by atoms with Gasteiger partial charge in [0.2, 0.25) is 0 Å². The van der Waals surface area contributed by atoms with E-state index in [2.05, 4.69) is 74.4 Å².